The van der Waals surface area contributed by atoms with Gasteiger partial charge in [-0.15, -0.1) is 9.24 Å². The largest absolute Gasteiger partial charge is 0.356 e. The molecule has 0 bridgehead atoms. The maximum atomic E-state index is 11.0. The van der Waals surface area contributed by atoms with E-state index in [1.165, 1.54) is 19.3 Å². The van der Waals surface area contributed by atoms with Crippen LogP contribution in [0.2, 0.25) is 0 Å². The molecule has 0 aliphatic rings. The molecule has 3 heteroatoms. The average Bonchev–Trinajstić information content (AvgIpc) is 2.24. The standard InChI is InChI=1S/C9H20NOP.C2H6/c1-2-3-4-5-6-9(11)10-7-8-12;1-2/h2-8,12H2,1H3,(H,10,11);1-2H3. The zero-order valence-corrected chi connectivity index (χ0v) is 11.1. The van der Waals surface area contributed by atoms with E-state index in [4.69, 9.17) is 0 Å². The van der Waals surface area contributed by atoms with Gasteiger partial charge < -0.3 is 5.32 Å². The van der Waals surface area contributed by atoms with Gasteiger partial charge in [0.2, 0.25) is 5.91 Å². The van der Waals surface area contributed by atoms with Crippen LogP contribution in [0.25, 0.3) is 0 Å². The molecule has 0 heterocycles. The third kappa shape index (κ3) is 14.4. The molecule has 0 fully saturated rings. The predicted molar refractivity (Wildman–Crippen MR) is 67.7 cm³/mol. The minimum absolute atomic E-state index is 0.202. The highest BCUT2D eigenvalue weighted by molar-refractivity contribution is 7.16. The van der Waals surface area contributed by atoms with E-state index in [0.717, 1.165) is 19.1 Å². The Hall–Kier alpha value is -0.100. The molecule has 0 aromatic carbocycles. The Morgan fingerprint density at radius 3 is 2.36 bits per heavy atom. The minimum Gasteiger partial charge on any atom is -0.356 e. The molecule has 0 rings (SSSR count). The van der Waals surface area contributed by atoms with Gasteiger partial charge in [-0.3, -0.25) is 4.79 Å². The highest BCUT2D eigenvalue weighted by atomic mass is 31.0. The van der Waals surface area contributed by atoms with E-state index in [1.54, 1.807) is 0 Å². The molecule has 1 atom stereocenters. The van der Waals surface area contributed by atoms with E-state index in [-0.39, 0.29) is 5.91 Å². The normalized spacial score (nSPS) is 8.86. The van der Waals surface area contributed by atoms with Crippen molar-refractivity contribution in [3.05, 3.63) is 0 Å². The fourth-order valence-corrected chi connectivity index (χ4v) is 1.16. The van der Waals surface area contributed by atoms with Gasteiger partial charge in [-0.1, -0.05) is 40.0 Å². The van der Waals surface area contributed by atoms with Gasteiger partial charge in [0.05, 0.1) is 0 Å². The Morgan fingerprint density at radius 1 is 1.21 bits per heavy atom. The van der Waals surface area contributed by atoms with E-state index in [9.17, 15) is 4.79 Å². The maximum Gasteiger partial charge on any atom is 0.220 e. The summed E-state index contributed by atoms with van der Waals surface area (Å²) >= 11 is 0. The van der Waals surface area contributed by atoms with Crippen LogP contribution < -0.4 is 5.32 Å². The molecule has 0 aromatic heterocycles. The summed E-state index contributed by atoms with van der Waals surface area (Å²) < 4.78 is 0. The number of carbonyl (C=O) groups excluding carboxylic acids is 1. The highest BCUT2D eigenvalue weighted by Crippen LogP contribution is 2.01. The summed E-state index contributed by atoms with van der Waals surface area (Å²) in [6.45, 7) is 6.96. The second-order valence-electron chi connectivity index (χ2n) is 2.95. The Morgan fingerprint density at radius 2 is 1.86 bits per heavy atom. The summed E-state index contributed by atoms with van der Waals surface area (Å²) in [5.41, 5.74) is 0. The molecule has 0 aliphatic heterocycles. The highest BCUT2D eigenvalue weighted by Gasteiger charge is 1.98. The first-order chi connectivity index (χ1) is 6.81. The van der Waals surface area contributed by atoms with E-state index in [2.05, 4.69) is 21.5 Å². The molecule has 0 saturated carbocycles. The van der Waals surface area contributed by atoms with Crippen LogP contribution in [-0.2, 0) is 4.79 Å². The fraction of sp³-hybridized carbons (Fsp3) is 0.909. The van der Waals surface area contributed by atoms with Crippen LogP contribution in [0.15, 0.2) is 0 Å². The topological polar surface area (TPSA) is 29.1 Å². The second-order valence-corrected chi connectivity index (χ2v) is 3.53. The molecule has 1 N–H and O–H groups in total. The summed E-state index contributed by atoms with van der Waals surface area (Å²) in [5.74, 6) is 0.202. The van der Waals surface area contributed by atoms with Crippen molar-refractivity contribution in [1.82, 2.24) is 5.32 Å². The van der Waals surface area contributed by atoms with Gasteiger partial charge in [0.1, 0.15) is 0 Å². The lowest BCUT2D eigenvalue weighted by Gasteiger charge is -2.02. The maximum absolute atomic E-state index is 11.0. The molecule has 2 nitrogen and oxygen atoms in total. The van der Waals surface area contributed by atoms with Crippen molar-refractivity contribution in [1.29, 1.82) is 0 Å². The van der Waals surface area contributed by atoms with E-state index in [1.807, 2.05) is 13.8 Å². The molecule has 0 radical (unpaired) electrons. The molecule has 0 saturated heterocycles. The van der Waals surface area contributed by atoms with Crippen molar-refractivity contribution in [3.8, 4) is 0 Å². The molecule has 1 amide bonds. The zero-order chi connectivity index (χ0) is 11.2. The van der Waals surface area contributed by atoms with Gasteiger partial charge in [0.25, 0.3) is 0 Å². The van der Waals surface area contributed by atoms with Crippen LogP contribution in [0.1, 0.15) is 52.9 Å². The Balaban J connectivity index is 0. The number of amides is 1. The van der Waals surface area contributed by atoms with Crippen LogP contribution in [0.5, 0.6) is 0 Å². The van der Waals surface area contributed by atoms with Gasteiger partial charge in [0, 0.05) is 13.0 Å². The third-order valence-electron chi connectivity index (χ3n) is 1.72. The van der Waals surface area contributed by atoms with Gasteiger partial charge in [0.15, 0.2) is 0 Å². The second kappa shape index (κ2) is 15.4. The molecule has 14 heavy (non-hydrogen) atoms. The van der Waals surface area contributed by atoms with Crippen LogP contribution in [0, 0.1) is 0 Å². The number of unbranched alkanes of at least 4 members (excludes halogenated alkanes) is 3. The summed E-state index contributed by atoms with van der Waals surface area (Å²) in [6.07, 6.45) is 6.34. The molecular formula is C11H26NOP. The van der Waals surface area contributed by atoms with Crippen molar-refractivity contribution in [2.24, 2.45) is 0 Å². The summed E-state index contributed by atoms with van der Waals surface area (Å²) in [6, 6.07) is 0. The number of rotatable bonds is 7. The monoisotopic (exact) mass is 219 g/mol. The molecule has 0 spiro atoms. The van der Waals surface area contributed by atoms with Crippen molar-refractivity contribution in [3.63, 3.8) is 0 Å². The zero-order valence-electron chi connectivity index (χ0n) is 9.94. The van der Waals surface area contributed by atoms with Crippen LogP contribution in [-0.4, -0.2) is 18.6 Å². The lowest BCUT2D eigenvalue weighted by atomic mass is 10.1. The lowest BCUT2D eigenvalue weighted by molar-refractivity contribution is -0.121. The smallest absolute Gasteiger partial charge is 0.220 e. The first-order valence-corrected chi connectivity index (χ1v) is 6.59. The third-order valence-corrected chi connectivity index (χ3v) is 2.01. The summed E-state index contributed by atoms with van der Waals surface area (Å²) in [5, 5.41) is 2.85. The Labute approximate surface area is 91.4 Å². The summed E-state index contributed by atoms with van der Waals surface area (Å²) in [4.78, 5) is 11.0. The minimum atomic E-state index is 0.202. The fourth-order valence-electron chi connectivity index (χ4n) is 1.01. The molecule has 0 aliphatic carbocycles. The van der Waals surface area contributed by atoms with Crippen LogP contribution in [0.4, 0.5) is 0 Å². The van der Waals surface area contributed by atoms with E-state index >= 15 is 0 Å². The Kier molecular flexibility index (Phi) is 17.9. The quantitative estimate of drug-likeness (QED) is 0.517. The summed E-state index contributed by atoms with van der Waals surface area (Å²) in [7, 11) is 2.60. The number of hydrogen-bond donors (Lipinski definition) is 1. The molecule has 86 valence electrons. The molecule has 1 unspecified atom stereocenters. The first kappa shape index (κ1) is 16.3. The van der Waals surface area contributed by atoms with E-state index < -0.39 is 0 Å². The predicted octanol–water partition coefficient (Wildman–Crippen LogP) is 2.97. The van der Waals surface area contributed by atoms with Crippen LogP contribution in [0.3, 0.4) is 0 Å². The van der Waals surface area contributed by atoms with E-state index in [0.29, 0.717) is 6.42 Å². The van der Waals surface area contributed by atoms with Crippen molar-refractivity contribution in [2.45, 2.75) is 52.9 Å². The van der Waals surface area contributed by atoms with Crippen LogP contribution >= 0.6 is 9.24 Å². The van der Waals surface area contributed by atoms with Gasteiger partial charge in [-0.25, -0.2) is 0 Å². The van der Waals surface area contributed by atoms with Crippen molar-refractivity contribution in [2.75, 3.05) is 12.7 Å². The number of hydrogen-bond acceptors (Lipinski definition) is 1. The molecular weight excluding hydrogens is 193 g/mol. The first-order valence-electron chi connectivity index (χ1n) is 5.78. The Bertz CT molecular complexity index is 118. The van der Waals surface area contributed by atoms with Gasteiger partial charge in [-0.05, 0) is 12.6 Å². The SMILES string of the molecule is CC.CCCCCCC(=O)NCCP. The van der Waals surface area contributed by atoms with Gasteiger partial charge in [-0.2, -0.15) is 0 Å². The van der Waals surface area contributed by atoms with Crippen molar-refractivity contribution >= 4 is 15.1 Å². The number of carbonyl (C=O) groups is 1. The number of nitrogens with one attached hydrogen (secondary N) is 1. The average molecular weight is 219 g/mol. The van der Waals surface area contributed by atoms with Gasteiger partial charge >= 0.3 is 0 Å². The molecule has 0 aromatic rings. The van der Waals surface area contributed by atoms with Crippen molar-refractivity contribution < 1.29 is 4.79 Å². The lowest BCUT2D eigenvalue weighted by Crippen LogP contribution is -2.24.